The number of anilines is 1. The molecule has 0 bridgehead atoms. The van der Waals surface area contributed by atoms with Crippen molar-refractivity contribution < 1.29 is 14.3 Å². The maximum atomic E-state index is 11.8. The molecular weight excluding hydrogens is 414 g/mol. The van der Waals surface area contributed by atoms with Crippen LogP contribution >= 0.6 is 15.9 Å². The Kier molecular flexibility index (Phi) is 7.30. The third-order valence-corrected chi connectivity index (χ3v) is 4.10. The average molecular weight is 434 g/mol. The van der Waals surface area contributed by atoms with Gasteiger partial charge in [0.2, 0.25) is 0 Å². The summed E-state index contributed by atoms with van der Waals surface area (Å²) in [6.07, 6.45) is 1.59. The van der Waals surface area contributed by atoms with E-state index in [9.17, 15) is 4.79 Å². The summed E-state index contributed by atoms with van der Waals surface area (Å²) in [5.74, 6) is 0.327. The van der Waals surface area contributed by atoms with E-state index in [0.717, 1.165) is 10.8 Å². The molecule has 27 heavy (non-hydrogen) atoms. The van der Waals surface area contributed by atoms with Gasteiger partial charge in [0.15, 0.2) is 5.84 Å². The molecule has 1 aromatic heterocycles. The Hall–Kier alpha value is -2.94. The fraction of sp³-hybridized carbons (Fsp3) is 0.222. The second-order valence-corrected chi connectivity index (χ2v) is 6.37. The third-order valence-electron chi connectivity index (χ3n) is 3.60. The zero-order chi connectivity index (χ0) is 19.8. The topological polar surface area (TPSA) is 125 Å². The minimum Gasteiger partial charge on any atom is -0.493 e. The molecule has 2 rings (SSSR count). The van der Waals surface area contributed by atoms with Crippen LogP contribution in [0.5, 0.6) is 5.75 Å². The van der Waals surface area contributed by atoms with Gasteiger partial charge in [-0.1, -0.05) is 22.0 Å². The van der Waals surface area contributed by atoms with Crippen molar-refractivity contribution in [3.63, 3.8) is 0 Å². The second kappa shape index (κ2) is 9.67. The molecule has 8 nitrogen and oxygen atoms in total. The lowest BCUT2D eigenvalue weighted by Gasteiger charge is -2.19. The van der Waals surface area contributed by atoms with Crippen molar-refractivity contribution in [2.45, 2.75) is 6.42 Å². The second-order valence-electron chi connectivity index (χ2n) is 5.45. The monoisotopic (exact) mass is 433 g/mol. The fourth-order valence-electron chi connectivity index (χ4n) is 2.29. The molecule has 0 atom stereocenters. The van der Waals surface area contributed by atoms with Crippen LogP contribution in [0.3, 0.4) is 0 Å². The van der Waals surface area contributed by atoms with Gasteiger partial charge in [-0.05, 0) is 36.8 Å². The molecule has 0 saturated heterocycles. The first-order valence-electron chi connectivity index (χ1n) is 8.05. The van der Waals surface area contributed by atoms with Crippen molar-refractivity contribution >= 4 is 39.9 Å². The highest BCUT2D eigenvalue weighted by Gasteiger charge is 2.15. The summed E-state index contributed by atoms with van der Waals surface area (Å²) in [7, 11) is 1.31. The molecule has 0 fully saturated rings. The van der Waals surface area contributed by atoms with E-state index in [-0.39, 0.29) is 5.84 Å². The van der Waals surface area contributed by atoms with Crippen LogP contribution in [0.15, 0.2) is 40.9 Å². The molecule has 0 spiro atoms. The van der Waals surface area contributed by atoms with E-state index >= 15 is 0 Å². The zero-order valence-electron chi connectivity index (χ0n) is 14.7. The summed E-state index contributed by atoms with van der Waals surface area (Å²) in [5, 5.41) is 15.7. The number of nitrogen functional groups attached to an aromatic ring is 1. The number of nitrogens with one attached hydrogen (secondary N) is 2. The highest BCUT2D eigenvalue weighted by Crippen LogP contribution is 2.24. The lowest BCUT2D eigenvalue weighted by atomic mass is 10.2. The summed E-state index contributed by atoms with van der Waals surface area (Å²) in [5.41, 5.74) is 6.36. The fourth-order valence-corrected chi connectivity index (χ4v) is 2.65. The number of ether oxygens (including phenoxy) is 2. The number of pyridine rings is 1. The number of amidine groups is 1. The first kappa shape index (κ1) is 20.4. The van der Waals surface area contributed by atoms with Gasteiger partial charge in [0.05, 0.1) is 20.1 Å². The molecule has 9 heteroatoms. The number of nitrogens with two attached hydrogens (primary N) is 1. The first-order chi connectivity index (χ1) is 13.0. The summed E-state index contributed by atoms with van der Waals surface area (Å²) in [6, 6.07) is 10.1. The maximum absolute atomic E-state index is 11.8. The number of hydrogen-bond acceptors (Lipinski definition) is 7. The van der Waals surface area contributed by atoms with Crippen molar-refractivity contribution in [3.8, 4) is 5.75 Å². The van der Waals surface area contributed by atoms with E-state index in [1.807, 2.05) is 0 Å². The van der Waals surface area contributed by atoms with Gasteiger partial charge in [-0.2, -0.15) is 0 Å². The Balaban J connectivity index is 1.95. The highest BCUT2D eigenvalue weighted by atomic mass is 79.9. The molecule has 1 heterocycles. The number of benzene rings is 1. The molecule has 0 saturated carbocycles. The van der Waals surface area contributed by atoms with Crippen LogP contribution in [-0.4, -0.2) is 48.3 Å². The van der Waals surface area contributed by atoms with E-state index in [4.69, 9.17) is 26.0 Å². The Morgan fingerprint density at radius 2 is 2.15 bits per heavy atom. The number of nitrogens with zero attached hydrogens (tertiary/aromatic N) is 2. The number of hydrogen-bond donors (Lipinski definition) is 3. The van der Waals surface area contributed by atoms with Crippen molar-refractivity contribution in [2.24, 2.45) is 0 Å². The van der Waals surface area contributed by atoms with E-state index in [2.05, 4.69) is 20.9 Å². The van der Waals surface area contributed by atoms with Crippen LogP contribution in [-0.2, 0) is 4.74 Å². The smallest absolute Gasteiger partial charge is 0.341 e. The normalized spacial score (nSPS) is 10.1. The Morgan fingerprint density at radius 1 is 1.37 bits per heavy atom. The first-order valence-corrected chi connectivity index (χ1v) is 8.85. The maximum Gasteiger partial charge on any atom is 0.341 e. The summed E-state index contributed by atoms with van der Waals surface area (Å²) in [4.78, 5) is 17.4. The van der Waals surface area contributed by atoms with Crippen LogP contribution < -0.4 is 10.5 Å². The molecule has 0 amide bonds. The molecule has 4 N–H and O–H groups in total. The number of methoxy groups -OCH3 is 1. The Morgan fingerprint density at radius 3 is 2.81 bits per heavy atom. The number of esters is 1. The van der Waals surface area contributed by atoms with Crippen molar-refractivity contribution in [2.75, 3.05) is 26.0 Å². The van der Waals surface area contributed by atoms with Gasteiger partial charge in [0.1, 0.15) is 22.8 Å². The van der Waals surface area contributed by atoms with Gasteiger partial charge >= 0.3 is 5.97 Å². The highest BCUT2D eigenvalue weighted by molar-refractivity contribution is 9.10. The Labute approximate surface area is 165 Å². The number of aromatic nitrogens is 1. The van der Waals surface area contributed by atoms with Crippen LogP contribution in [0.25, 0.3) is 0 Å². The standard InChI is InChI=1S/C18H20BrN5O3/c1-26-18(25)13-10-12(19)6-7-15(13)27-9-3-8-24(11-20)17(22)14-4-2-5-16(21)23-14/h2,4-7,10-11,20,22H,3,8-9H2,1H3,(H2,21,23). The molecule has 0 aliphatic rings. The van der Waals surface area contributed by atoms with E-state index < -0.39 is 5.97 Å². The zero-order valence-corrected chi connectivity index (χ0v) is 16.3. The van der Waals surface area contributed by atoms with Gasteiger partial charge in [-0.3, -0.25) is 10.8 Å². The van der Waals surface area contributed by atoms with Crippen molar-refractivity contribution in [3.05, 3.63) is 52.1 Å². The molecule has 0 aliphatic heterocycles. The molecule has 0 radical (unpaired) electrons. The van der Waals surface area contributed by atoms with Crippen LogP contribution in [0, 0.1) is 10.8 Å². The lowest BCUT2D eigenvalue weighted by Crippen LogP contribution is -2.32. The quantitative estimate of drug-likeness (QED) is 0.254. The number of carbonyl (C=O) groups excluding carboxylic acids is 1. The minimum atomic E-state index is -0.484. The summed E-state index contributed by atoms with van der Waals surface area (Å²) < 4.78 is 11.2. The largest absolute Gasteiger partial charge is 0.493 e. The van der Waals surface area contributed by atoms with Crippen LogP contribution in [0.2, 0.25) is 0 Å². The molecule has 0 unspecified atom stereocenters. The van der Waals surface area contributed by atoms with Crippen molar-refractivity contribution in [1.82, 2.24) is 9.88 Å². The van der Waals surface area contributed by atoms with Gasteiger partial charge < -0.3 is 20.1 Å². The van der Waals surface area contributed by atoms with E-state index in [1.54, 1.807) is 36.4 Å². The molecule has 2 aromatic rings. The average Bonchev–Trinajstić information content (AvgIpc) is 2.67. The molecule has 142 valence electrons. The van der Waals surface area contributed by atoms with Gasteiger partial charge in [0.25, 0.3) is 0 Å². The number of carbonyl (C=O) groups is 1. The number of halogens is 1. The summed E-state index contributed by atoms with van der Waals surface area (Å²) >= 11 is 3.31. The van der Waals surface area contributed by atoms with E-state index in [1.165, 1.54) is 12.0 Å². The minimum absolute atomic E-state index is 0.0798. The van der Waals surface area contributed by atoms with Crippen LogP contribution in [0.4, 0.5) is 5.82 Å². The lowest BCUT2D eigenvalue weighted by molar-refractivity contribution is 0.0596. The third kappa shape index (κ3) is 5.52. The van der Waals surface area contributed by atoms with Gasteiger partial charge in [0, 0.05) is 11.0 Å². The predicted octanol–water partition coefficient (Wildman–Crippen LogP) is 2.92. The summed E-state index contributed by atoms with van der Waals surface area (Å²) in [6.45, 7) is 0.677. The van der Waals surface area contributed by atoms with Crippen LogP contribution in [0.1, 0.15) is 22.5 Å². The SMILES string of the molecule is COC(=O)c1cc(Br)ccc1OCCCN(C=N)C(=N)c1cccc(N)n1. The molecule has 1 aromatic carbocycles. The Bertz CT molecular complexity index is 843. The molecule has 0 aliphatic carbocycles. The van der Waals surface area contributed by atoms with E-state index in [0.29, 0.717) is 42.4 Å². The van der Waals surface area contributed by atoms with Gasteiger partial charge in [-0.25, -0.2) is 9.78 Å². The van der Waals surface area contributed by atoms with Crippen molar-refractivity contribution in [1.29, 1.82) is 10.8 Å². The molecular formula is C18H20BrN5O3. The van der Waals surface area contributed by atoms with Gasteiger partial charge in [-0.15, -0.1) is 0 Å². The predicted molar refractivity (Wildman–Crippen MR) is 107 cm³/mol. The number of rotatable bonds is 8.